The summed E-state index contributed by atoms with van der Waals surface area (Å²) in [5.74, 6) is -12.7. The van der Waals surface area contributed by atoms with E-state index < -0.39 is 225 Å². The molecule has 35 heteroatoms. The maximum absolute atomic E-state index is 15.8. The number of amides is 2. The Kier molecular flexibility index (Phi) is 19.1. The van der Waals surface area contributed by atoms with E-state index in [1.54, 1.807) is 0 Å². The third kappa shape index (κ3) is 15.2. The molecule has 3 atom stereocenters. The van der Waals surface area contributed by atoms with E-state index in [2.05, 4.69) is 32.3 Å². The number of nitrogens with one attached hydrogen (secondary N) is 1. The maximum atomic E-state index is 15.8. The van der Waals surface area contributed by atoms with Crippen LogP contribution in [0.1, 0.15) is 140 Å². The number of sulfone groups is 1. The number of pyridine rings is 1. The number of phosphoric ester groups is 1. The Hall–Kier alpha value is -7.63. The summed E-state index contributed by atoms with van der Waals surface area (Å²) in [7, 11) is -14.1. The number of rotatable bonds is 22. The van der Waals surface area contributed by atoms with E-state index in [-0.39, 0.29) is 31.3 Å². The number of hydrogen-bond donors (Lipinski definition) is 3. The van der Waals surface area contributed by atoms with Crippen molar-refractivity contribution in [2.45, 2.75) is 140 Å². The number of alkyl halides is 8. The molecule has 502 valence electrons. The molecule has 21 nitrogen and oxygen atoms in total. The number of fused-ring (bicyclic) bond motifs is 4. The summed E-state index contributed by atoms with van der Waals surface area (Å²) in [5, 5.41) is 29.0. The summed E-state index contributed by atoms with van der Waals surface area (Å²) < 4.78 is 233. The largest absolute Gasteiger partial charge is 0.530 e. The van der Waals surface area contributed by atoms with Crippen molar-refractivity contribution in [3.8, 4) is 28.7 Å². The van der Waals surface area contributed by atoms with Crippen molar-refractivity contribution < 1.29 is 108 Å². The molecule has 1 fully saturated rings. The zero-order valence-electron chi connectivity index (χ0n) is 50.5. The van der Waals surface area contributed by atoms with Crippen LogP contribution in [0.3, 0.4) is 0 Å². The number of phosphoric acid groups is 1. The number of halogens is 11. The van der Waals surface area contributed by atoms with Crippen molar-refractivity contribution in [2.24, 2.45) is 5.92 Å². The van der Waals surface area contributed by atoms with Gasteiger partial charge in [-0.1, -0.05) is 37.4 Å². The van der Waals surface area contributed by atoms with Crippen LogP contribution in [0.4, 0.5) is 49.7 Å². The summed E-state index contributed by atoms with van der Waals surface area (Å²) in [4.78, 5) is 59.6. The van der Waals surface area contributed by atoms with Gasteiger partial charge in [0, 0.05) is 52.3 Å². The van der Waals surface area contributed by atoms with Gasteiger partial charge in [0.2, 0.25) is 21.8 Å². The van der Waals surface area contributed by atoms with Crippen molar-refractivity contribution >= 4 is 79.8 Å². The van der Waals surface area contributed by atoms with Crippen LogP contribution in [0.25, 0.3) is 22.0 Å². The Labute approximate surface area is 529 Å². The molecule has 0 bridgehead atoms. The second-order valence-corrected chi connectivity index (χ2v) is 30.2. The molecule has 8 rings (SSSR count). The van der Waals surface area contributed by atoms with Crippen molar-refractivity contribution in [1.82, 2.24) is 29.9 Å². The molecule has 2 amide bonds. The second-order valence-electron chi connectivity index (χ2n) is 23.9. The van der Waals surface area contributed by atoms with Gasteiger partial charge >= 0.3 is 32.1 Å². The van der Waals surface area contributed by atoms with Crippen molar-refractivity contribution in [3.05, 3.63) is 122 Å². The molecule has 0 saturated heterocycles. The SMILES string of the molecule is CC(C)OP(=O)(Oc1cc(C(=O)O)cc(C(=O)O)c1C(C)(C)CC(=O)N(c1nn(CC(F)(F)F)c2c(-c3ccc(C#CC(C)(C)S(C)(=O)=O)nc3[C@H](Cc3cc(F)cc(F)c3)NC(=O)Cn3nc(C(F)(F)F)c4c3C(F)(F)[C@@H]3C[C@H]43)ccc(Cl)c12)S(C)(=O)=O)OC(C)C. The number of nitrogens with zero attached hydrogens (tertiary/aromatic N) is 6. The highest BCUT2D eigenvalue weighted by Gasteiger charge is 2.68. The fourth-order valence-electron chi connectivity index (χ4n) is 10.8. The molecule has 0 spiro atoms. The molecule has 0 aliphatic heterocycles. The van der Waals surface area contributed by atoms with Gasteiger partial charge in [0.15, 0.2) is 21.3 Å². The molecular weight excluding hydrogens is 1340 g/mol. The molecule has 3 aromatic heterocycles. The number of carbonyl (C=O) groups is 4. The highest BCUT2D eigenvalue weighted by molar-refractivity contribution is 7.93. The third-order valence-electron chi connectivity index (χ3n) is 14.8. The molecule has 0 radical (unpaired) electrons. The second kappa shape index (κ2) is 24.9. The highest BCUT2D eigenvalue weighted by Crippen LogP contribution is 2.68. The zero-order valence-corrected chi connectivity index (χ0v) is 53.8. The highest BCUT2D eigenvalue weighted by atomic mass is 35.5. The Bertz CT molecular complexity index is 4400. The molecule has 2 aliphatic carbocycles. The Morgan fingerprint density at radius 3 is 2.00 bits per heavy atom. The number of carbonyl (C=O) groups excluding carboxylic acids is 2. The van der Waals surface area contributed by atoms with Gasteiger partial charge in [-0.3, -0.25) is 28.0 Å². The monoisotopic (exact) mass is 1400 g/mol. The molecule has 3 heterocycles. The quantitative estimate of drug-likeness (QED) is 0.0323. The van der Waals surface area contributed by atoms with E-state index in [1.165, 1.54) is 41.5 Å². The van der Waals surface area contributed by atoms with E-state index in [0.717, 1.165) is 62.6 Å². The van der Waals surface area contributed by atoms with Gasteiger partial charge < -0.3 is 20.1 Å². The molecule has 2 aliphatic rings. The lowest BCUT2D eigenvalue weighted by Gasteiger charge is -2.32. The summed E-state index contributed by atoms with van der Waals surface area (Å²) in [6.07, 6.45) is -13.5. The predicted octanol–water partition coefficient (Wildman–Crippen LogP) is 11.7. The van der Waals surface area contributed by atoms with Crippen LogP contribution in [0.15, 0.2) is 54.6 Å². The molecule has 6 aromatic rings. The van der Waals surface area contributed by atoms with Gasteiger partial charge in [-0.25, -0.2) is 44.8 Å². The smallest absolute Gasteiger partial charge is 0.478 e. The van der Waals surface area contributed by atoms with E-state index in [4.69, 9.17) is 25.2 Å². The first kappa shape index (κ1) is 71.2. The summed E-state index contributed by atoms with van der Waals surface area (Å²) in [6, 6.07) is 5.57. The standard InChI is InChI=1S/C58H57ClF10N7O14PS2/c1-27(2)88-91(83,89-28(3)4)90-41-21-30(52(79)80)20-37(53(81)82)46(41)54(5,6)24-43(78)76(93(10,86)87)51-45-39(59)14-13-35(48(45)75(73-51)26-56(62,63)64)34-12-11-33(15-16-55(7,8)92(9,84)85)70-47(34)40(19-29-17-31(60)22-32(61)18-29)71-42(77)25-74-50-44(49(72-74)58(67,68)69)36-23-38(36)57(50,65)66/h11-14,17-18,20-22,27-28,36,38,40H,19,23-26H2,1-10H3,(H,71,77)(H,79,80)(H,81,82)/t36-,38+,40-/m0/s1. The fourth-order valence-corrected chi connectivity index (χ4v) is 13.7. The lowest BCUT2D eigenvalue weighted by molar-refractivity contribution is -0.143. The topological polar surface area (TPSA) is 286 Å². The van der Waals surface area contributed by atoms with Crippen LogP contribution in [-0.4, -0.2) is 111 Å². The average Bonchev–Trinajstić information content (AvgIpc) is 1.52. The van der Waals surface area contributed by atoms with Gasteiger partial charge in [-0.15, -0.1) is 0 Å². The van der Waals surface area contributed by atoms with E-state index in [0.29, 0.717) is 18.4 Å². The van der Waals surface area contributed by atoms with E-state index >= 15 is 35.5 Å². The number of hydrogen-bond acceptors (Lipinski definition) is 15. The minimum Gasteiger partial charge on any atom is -0.478 e. The molecular formula is C58H57ClF10N7O14PS2. The summed E-state index contributed by atoms with van der Waals surface area (Å²) in [6.45, 7) is 6.79. The van der Waals surface area contributed by atoms with E-state index in [9.17, 15) is 59.2 Å². The number of aromatic nitrogens is 5. The third-order valence-corrected chi connectivity index (χ3v) is 19.9. The molecule has 93 heavy (non-hydrogen) atoms. The Balaban J connectivity index is 1.36. The normalized spacial score (nSPS) is 16.2. The number of carboxylic acids is 2. The molecule has 1 saturated carbocycles. The lowest BCUT2D eigenvalue weighted by atomic mass is 9.77. The Morgan fingerprint density at radius 1 is 0.860 bits per heavy atom. The lowest BCUT2D eigenvalue weighted by Crippen LogP contribution is -2.40. The minimum absolute atomic E-state index is 0.0764. The first-order valence-electron chi connectivity index (χ1n) is 27.7. The van der Waals surface area contributed by atoms with Crippen molar-refractivity contribution in [2.75, 3.05) is 16.8 Å². The van der Waals surface area contributed by atoms with Crippen LogP contribution in [0, 0.1) is 29.4 Å². The maximum Gasteiger partial charge on any atom is 0.530 e. The van der Waals surface area contributed by atoms with Gasteiger partial charge in [0.05, 0.1) is 57.3 Å². The fraction of sp³-hybridized carbons (Fsp3) is 0.431. The van der Waals surface area contributed by atoms with Gasteiger partial charge in [0.25, 0.3) is 5.92 Å². The molecule has 0 unspecified atom stereocenters. The number of anilines is 1. The van der Waals surface area contributed by atoms with Crippen LogP contribution < -0.4 is 14.1 Å². The van der Waals surface area contributed by atoms with Crippen LogP contribution in [-0.2, 0) is 80.1 Å². The van der Waals surface area contributed by atoms with Gasteiger partial charge in [-0.2, -0.15) is 49.6 Å². The van der Waals surface area contributed by atoms with E-state index in [1.807, 2.05) is 0 Å². The minimum atomic E-state index is -5.30. The van der Waals surface area contributed by atoms with Crippen LogP contribution >= 0.6 is 19.4 Å². The van der Waals surface area contributed by atoms with Crippen LogP contribution in [0.2, 0.25) is 5.02 Å². The number of sulfonamides is 1. The number of aromatic carboxylic acids is 2. The van der Waals surface area contributed by atoms with Crippen molar-refractivity contribution in [1.29, 1.82) is 0 Å². The first-order chi connectivity index (χ1) is 42.5. The summed E-state index contributed by atoms with van der Waals surface area (Å²) >= 11 is 6.83. The Morgan fingerprint density at radius 2 is 1.46 bits per heavy atom. The predicted molar refractivity (Wildman–Crippen MR) is 314 cm³/mol. The average molecular weight is 1400 g/mol. The number of carboxylic acid groups (broad SMARTS) is 2. The van der Waals surface area contributed by atoms with Gasteiger partial charge in [-0.05, 0) is 114 Å². The zero-order chi connectivity index (χ0) is 69.6. The summed E-state index contributed by atoms with van der Waals surface area (Å²) in [5.41, 5.74) is -11.1. The first-order valence-corrected chi connectivity index (χ1v) is 33.3. The molecule has 3 N–H and O–H groups in total. The van der Waals surface area contributed by atoms with Crippen LogP contribution in [0.5, 0.6) is 5.75 Å². The van der Waals surface area contributed by atoms with Gasteiger partial charge in [0.1, 0.15) is 46.6 Å². The van der Waals surface area contributed by atoms with Crippen molar-refractivity contribution in [3.63, 3.8) is 0 Å². The molecule has 3 aromatic carbocycles. The number of benzene rings is 3.